The first-order valence-corrected chi connectivity index (χ1v) is 11.7. The minimum absolute atomic E-state index is 0. The van der Waals surface area contributed by atoms with Gasteiger partial charge in [0.15, 0.2) is 0 Å². The summed E-state index contributed by atoms with van der Waals surface area (Å²) in [6.07, 6.45) is 2.79. The third-order valence-electron chi connectivity index (χ3n) is 4.66. The summed E-state index contributed by atoms with van der Waals surface area (Å²) in [6.45, 7) is 0. The van der Waals surface area contributed by atoms with E-state index in [0.717, 1.165) is 25.7 Å². The Morgan fingerprint density at radius 3 is 1.68 bits per heavy atom. The van der Waals surface area contributed by atoms with Crippen LogP contribution in [0.4, 0.5) is 0 Å². The van der Waals surface area contributed by atoms with E-state index in [0.29, 0.717) is 16.1 Å². The number of rotatable bonds is 6. The Morgan fingerprint density at radius 1 is 0.710 bits per heavy atom. The van der Waals surface area contributed by atoms with Crippen molar-refractivity contribution in [2.45, 2.75) is 12.8 Å². The monoisotopic (exact) mass is 529 g/mol. The van der Waals surface area contributed by atoms with Crippen molar-refractivity contribution in [3.8, 4) is 11.5 Å². The molecule has 0 amide bonds. The third-order valence-corrected chi connectivity index (χ3v) is 7.73. The van der Waals surface area contributed by atoms with E-state index in [9.17, 15) is 10.2 Å². The average molecular weight is 532 g/mol. The van der Waals surface area contributed by atoms with Crippen molar-refractivity contribution in [3.63, 3.8) is 0 Å². The molecule has 31 heavy (non-hydrogen) atoms. The van der Waals surface area contributed by atoms with E-state index in [2.05, 4.69) is 15.4 Å². The van der Waals surface area contributed by atoms with Gasteiger partial charge in [0.2, 0.25) is 0 Å². The normalized spacial score (nSPS) is 9.81. The van der Waals surface area contributed by atoms with Crippen molar-refractivity contribution in [2.24, 2.45) is 0 Å². The van der Waals surface area contributed by atoms with Crippen LogP contribution in [0.2, 0.25) is 0 Å². The molecule has 1 aromatic heterocycles. The maximum atomic E-state index is 11.0. The molecule has 1 heterocycles. The number of hydrogen-bond donors (Lipinski definition) is 2. The Balaban J connectivity index is 0.00000171. The number of nitrogens with zero attached hydrogens (tertiary/aromatic N) is 3. The van der Waals surface area contributed by atoms with Crippen LogP contribution in [0.25, 0.3) is 0 Å². The smallest absolute Gasteiger partial charge is 1.00 e. The van der Waals surface area contributed by atoms with Crippen LogP contribution in [-0.4, -0.2) is 25.6 Å². The van der Waals surface area contributed by atoms with Crippen molar-refractivity contribution >= 4 is 6.67 Å². The molecule has 0 unspecified atom stereocenters. The summed E-state index contributed by atoms with van der Waals surface area (Å²) < 4.78 is 1.44. The molecule has 3 aromatic carbocycles. The molecule has 4 rings (SSSR count). The molecular formula is C23H19Cl2N3O2Zr. The molecule has 0 fully saturated rings. The zero-order valence-electron chi connectivity index (χ0n) is 16.4. The number of aromatic nitrogens is 3. The van der Waals surface area contributed by atoms with Gasteiger partial charge < -0.3 is 24.8 Å². The van der Waals surface area contributed by atoms with Gasteiger partial charge in [-0.3, -0.25) is 0 Å². The van der Waals surface area contributed by atoms with E-state index in [1.165, 1.54) is 0 Å². The summed E-state index contributed by atoms with van der Waals surface area (Å²) in [5.41, 5.74) is 3.86. The van der Waals surface area contributed by atoms with Crippen LogP contribution in [0.1, 0.15) is 22.3 Å². The molecule has 0 atom stereocenters. The molecule has 8 heteroatoms. The van der Waals surface area contributed by atoms with Gasteiger partial charge in [-0.15, -0.1) is 0 Å². The molecule has 0 bridgehead atoms. The van der Waals surface area contributed by atoms with Crippen LogP contribution in [0.15, 0.2) is 79.0 Å². The number of benzene rings is 3. The minimum Gasteiger partial charge on any atom is -1.00 e. The van der Waals surface area contributed by atoms with Gasteiger partial charge in [-0.05, 0) is 0 Å². The molecule has 2 N–H and O–H groups in total. The molecule has 0 aliphatic rings. The van der Waals surface area contributed by atoms with Crippen LogP contribution in [0.5, 0.6) is 11.5 Å². The first-order chi connectivity index (χ1) is 14.2. The molecule has 0 saturated heterocycles. The van der Waals surface area contributed by atoms with Gasteiger partial charge in [0.05, 0.1) is 0 Å². The Hall–Kier alpha value is -2.27. The van der Waals surface area contributed by atoms with Gasteiger partial charge >= 0.3 is 181 Å². The standard InChI is InChI=1S/C20H17O2.C3H2N3.2ClH.Zr/c21-19-14-20(22)18(12-16-9-5-2-6-10-16)13-17(19)11-15-7-3-1-4-8-15;1-2-4-6-5-3-1;;;/h1-10,13,21-22H,11-12H2;1-2H;2*1H;/q;;;;+2/p-2. The topological polar surface area (TPSA) is 79.1 Å². The molecule has 5 nitrogen and oxygen atoms in total. The van der Waals surface area contributed by atoms with E-state index in [1.807, 2.05) is 66.7 Å². The van der Waals surface area contributed by atoms with Gasteiger partial charge in [0.25, 0.3) is 0 Å². The fraction of sp³-hybridized carbons (Fsp3) is 0.0870. The van der Waals surface area contributed by atoms with E-state index in [1.54, 1.807) is 12.3 Å². The van der Waals surface area contributed by atoms with E-state index in [-0.39, 0.29) is 36.3 Å². The molecule has 0 aliphatic heterocycles. The van der Waals surface area contributed by atoms with E-state index in [4.69, 9.17) is 0 Å². The molecule has 0 spiro atoms. The Kier molecular flexibility index (Phi) is 9.63. The number of aromatic hydroxyl groups is 2. The van der Waals surface area contributed by atoms with Crippen LogP contribution in [-0.2, 0) is 36.1 Å². The predicted molar refractivity (Wildman–Crippen MR) is 107 cm³/mol. The molecule has 0 saturated carbocycles. The summed E-state index contributed by atoms with van der Waals surface area (Å²) in [6, 6.07) is 23.8. The number of hydrogen-bond acceptors (Lipinski definition) is 5. The molecular weight excluding hydrogens is 512 g/mol. The summed E-state index contributed by atoms with van der Waals surface area (Å²) in [5.74, 6) is 0.349. The van der Waals surface area contributed by atoms with Crippen LogP contribution < -0.4 is 31.5 Å². The van der Waals surface area contributed by atoms with Gasteiger partial charge in [-0.25, -0.2) is 0 Å². The maximum absolute atomic E-state index is 11.0. The Labute approximate surface area is 205 Å². The molecule has 0 aliphatic carbocycles. The van der Waals surface area contributed by atoms with Gasteiger partial charge in [0, 0.05) is 0 Å². The minimum atomic E-state index is -1.56. The van der Waals surface area contributed by atoms with Crippen LogP contribution in [0, 0.1) is 0 Å². The SMILES string of the molecule is Oc1c(Cc2ccccc2)cc(Cc2ccccc2)c(O)[c]1[Zr+2][c]1ccnnn1.[Cl-].[Cl-]. The zero-order valence-corrected chi connectivity index (χ0v) is 20.4. The predicted octanol–water partition coefficient (Wildman–Crippen LogP) is -3.49. The first kappa shape index (κ1) is 25.0. The Morgan fingerprint density at radius 2 is 1.23 bits per heavy atom. The Bertz CT molecular complexity index is 1040. The summed E-state index contributed by atoms with van der Waals surface area (Å²) in [5, 5.41) is 33.5. The number of phenols is 2. The average Bonchev–Trinajstić information content (AvgIpc) is 2.77. The van der Waals surface area contributed by atoms with Crippen LogP contribution in [0.3, 0.4) is 0 Å². The van der Waals surface area contributed by atoms with Gasteiger partial charge in [-0.2, -0.15) is 0 Å². The van der Waals surface area contributed by atoms with Crippen molar-refractivity contribution in [1.29, 1.82) is 0 Å². The van der Waals surface area contributed by atoms with Crippen LogP contribution >= 0.6 is 0 Å². The maximum Gasteiger partial charge on any atom is -1.00 e. The second-order valence-electron chi connectivity index (χ2n) is 6.72. The first-order valence-electron chi connectivity index (χ1n) is 9.26. The summed E-state index contributed by atoms with van der Waals surface area (Å²) >= 11 is -1.56. The largest absolute Gasteiger partial charge is 1.00 e. The fourth-order valence-corrected chi connectivity index (χ4v) is 5.86. The van der Waals surface area contributed by atoms with E-state index < -0.39 is 23.2 Å². The molecule has 0 radical (unpaired) electrons. The number of halogens is 2. The second-order valence-corrected chi connectivity index (χ2v) is 9.83. The van der Waals surface area contributed by atoms with Crippen molar-refractivity contribution in [3.05, 3.63) is 101 Å². The van der Waals surface area contributed by atoms with Crippen molar-refractivity contribution in [2.75, 3.05) is 0 Å². The van der Waals surface area contributed by atoms with E-state index >= 15 is 0 Å². The molecule has 156 valence electrons. The van der Waals surface area contributed by atoms with Gasteiger partial charge in [-0.1, -0.05) is 0 Å². The number of phenolic OH excluding ortho intramolecular Hbond substituents is 2. The quantitative estimate of drug-likeness (QED) is 0.270. The second kappa shape index (κ2) is 11.9. The van der Waals surface area contributed by atoms with Gasteiger partial charge in [0.1, 0.15) is 0 Å². The fourth-order valence-electron chi connectivity index (χ4n) is 3.24. The molecule has 4 aromatic rings. The summed E-state index contributed by atoms with van der Waals surface area (Å²) in [7, 11) is 0. The zero-order chi connectivity index (χ0) is 20.1. The third kappa shape index (κ3) is 6.36. The van der Waals surface area contributed by atoms with Crippen molar-refractivity contribution in [1.82, 2.24) is 15.4 Å². The van der Waals surface area contributed by atoms with Crippen molar-refractivity contribution < 1.29 is 58.3 Å². The summed E-state index contributed by atoms with van der Waals surface area (Å²) in [4.78, 5) is 0.